The highest BCUT2D eigenvalue weighted by atomic mass is 16.5. The van der Waals surface area contributed by atoms with Gasteiger partial charge in [0.25, 0.3) is 0 Å². The van der Waals surface area contributed by atoms with Crippen LogP contribution in [0, 0.1) is 0 Å². The van der Waals surface area contributed by atoms with Gasteiger partial charge in [0.2, 0.25) is 0 Å². The Balaban J connectivity index is 1.75. The van der Waals surface area contributed by atoms with Crippen LogP contribution in [0.3, 0.4) is 0 Å². The summed E-state index contributed by atoms with van der Waals surface area (Å²) in [6.45, 7) is 0.379. The minimum absolute atomic E-state index is 0.271. The first kappa shape index (κ1) is 12.6. The van der Waals surface area contributed by atoms with Crippen molar-refractivity contribution in [2.24, 2.45) is 5.73 Å². The highest BCUT2D eigenvalue weighted by Crippen LogP contribution is 2.21. The molecule has 0 saturated heterocycles. The van der Waals surface area contributed by atoms with Crippen molar-refractivity contribution < 1.29 is 9.84 Å². The number of benzene rings is 1. The highest BCUT2D eigenvalue weighted by molar-refractivity contribution is 5.17. The van der Waals surface area contributed by atoms with Crippen molar-refractivity contribution in [2.45, 2.75) is 43.9 Å². The van der Waals surface area contributed by atoms with E-state index in [0.717, 1.165) is 31.2 Å². The maximum atomic E-state index is 9.95. The predicted molar refractivity (Wildman–Crippen MR) is 67.6 cm³/mol. The molecule has 1 aromatic rings. The fourth-order valence-electron chi connectivity index (χ4n) is 2.25. The minimum atomic E-state index is -0.521. The maximum absolute atomic E-state index is 9.95. The number of aliphatic hydroxyl groups excluding tert-OH is 1. The third-order valence-electron chi connectivity index (χ3n) is 3.39. The molecule has 1 atom stereocenters. The van der Waals surface area contributed by atoms with E-state index in [0.29, 0.717) is 12.6 Å². The van der Waals surface area contributed by atoms with Gasteiger partial charge in [0.1, 0.15) is 6.10 Å². The van der Waals surface area contributed by atoms with Crippen LogP contribution in [0.1, 0.15) is 37.4 Å². The summed E-state index contributed by atoms with van der Waals surface area (Å²) in [6, 6.07) is 9.99. The van der Waals surface area contributed by atoms with Gasteiger partial charge in [-0.25, -0.2) is 0 Å². The number of nitrogens with two attached hydrogens (primary N) is 1. The molecule has 0 heterocycles. The van der Waals surface area contributed by atoms with E-state index in [2.05, 4.69) is 0 Å². The lowest BCUT2D eigenvalue weighted by Gasteiger charge is -2.27. The molecule has 1 saturated carbocycles. The molecule has 1 fully saturated rings. The van der Waals surface area contributed by atoms with E-state index in [9.17, 15) is 5.11 Å². The lowest BCUT2D eigenvalue weighted by molar-refractivity contribution is -0.0263. The van der Waals surface area contributed by atoms with Gasteiger partial charge in [-0.2, -0.15) is 0 Å². The predicted octanol–water partition coefficient (Wildman–Crippen LogP) is 2.01. The van der Waals surface area contributed by atoms with E-state index in [1.807, 2.05) is 30.3 Å². The van der Waals surface area contributed by atoms with Gasteiger partial charge >= 0.3 is 0 Å². The van der Waals surface area contributed by atoms with Crippen molar-refractivity contribution in [3.63, 3.8) is 0 Å². The topological polar surface area (TPSA) is 55.5 Å². The summed E-state index contributed by atoms with van der Waals surface area (Å²) in [7, 11) is 0. The van der Waals surface area contributed by atoms with Crippen LogP contribution in [-0.2, 0) is 4.74 Å². The van der Waals surface area contributed by atoms with Crippen molar-refractivity contribution in [1.82, 2.24) is 0 Å². The van der Waals surface area contributed by atoms with Crippen LogP contribution in [0.5, 0.6) is 0 Å². The average Bonchev–Trinajstić information content (AvgIpc) is 2.39. The lowest BCUT2D eigenvalue weighted by Crippen LogP contribution is -2.31. The Hall–Kier alpha value is -0.900. The molecule has 0 aliphatic heterocycles. The van der Waals surface area contributed by atoms with Gasteiger partial charge in [0.05, 0.1) is 12.7 Å². The zero-order chi connectivity index (χ0) is 12.1. The zero-order valence-electron chi connectivity index (χ0n) is 10.1. The van der Waals surface area contributed by atoms with Crippen LogP contribution in [0.25, 0.3) is 0 Å². The first-order chi connectivity index (χ1) is 8.25. The average molecular weight is 235 g/mol. The molecule has 1 aliphatic rings. The standard InChI is InChI=1S/C14H21NO2/c15-12-6-8-13(9-7-12)17-10-14(16)11-4-2-1-3-5-11/h1-5,12-14,16H,6-10,15H2. The van der Waals surface area contributed by atoms with E-state index in [1.165, 1.54) is 0 Å². The van der Waals surface area contributed by atoms with E-state index < -0.39 is 6.10 Å². The molecule has 0 aromatic heterocycles. The SMILES string of the molecule is NC1CCC(OCC(O)c2ccccc2)CC1. The zero-order valence-corrected chi connectivity index (χ0v) is 10.1. The van der Waals surface area contributed by atoms with Crippen LogP contribution in [0.15, 0.2) is 30.3 Å². The number of hydrogen-bond acceptors (Lipinski definition) is 3. The van der Waals surface area contributed by atoms with Crippen molar-refractivity contribution in [2.75, 3.05) is 6.61 Å². The first-order valence-electron chi connectivity index (χ1n) is 6.36. The van der Waals surface area contributed by atoms with Gasteiger partial charge in [-0.15, -0.1) is 0 Å². The van der Waals surface area contributed by atoms with Crippen LogP contribution in [0.2, 0.25) is 0 Å². The van der Waals surface area contributed by atoms with E-state index in [1.54, 1.807) is 0 Å². The Morgan fingerprint density at radius 2 is 1.82 bits per heavy atom. The second-order valence-electron chi connectivity index (χ2n) is 4.80. The molecule has 2 rings (SSSR count). The molecule has 0 radical (unpaired) electrons. The summed E-state index contributed by atoms with van der Waals surface area (Å²) in [6.07, 6.45) is 3.85. The number of aliphatic hydroxyl groups is 1. The molecule has 17 heavy (non-hydrogen) atoms. The van der Waals surface area contributed by atoms with Crippen molar-refractivity contribution in [3.8, 4) is 0 Å². The molecule has 3 nitrogen and oxygen atoms in total. The van der Waals surface area contributed by atoms with Gasteiger partial charge in [0.15, 0.2) is 0 Å². The smallest absolute Gasteiger partial charge is 0.102 e. The maximum Gasteiger partial charge on any atom is 0.102 e. The van der Waals surface area contributed by atoms with Gasteiger partial charge < -0.3 is 15.6 Å². The molecule has 3 N–H and O–H groups in total. The Morgan fingerprint density at radius 3 is 2.47 bits per heavy atom. The molecular formula is C14H21NO2. The summed E-state index contributed by atoms with van der Waals surface area (Å²) < 4.78 is 5.74. The Bertz CT molecular complexity index is 320. The second-order valence-corrected chi connectivity index (χ2v) is 4.80. The van der Waals surface area contributed by atoms with E-state index in [4.69, 9.17) is 10.5 Å². The molecule has 0 amide bonds. The van der Waals surface area contributed by atoms with Crippen LogP contribution >= 0.6 is 0 Å². The molecule has 1 aromatic carbocycles. The molecule has 1 aliphatic carbocycles. The quantitative estimate of drug-likeness (QED) is 0.839. The Kier molecular flexibility index (Phi) is 4.54. The van der Waals surface area contributed by atoms with Gasteiger partial charge in [-0.05, 0) is 31.2 Å². The Morgan fingerprint density at radius 1 is 1.18 bits per heavy atom. The van der Waals surface area contributed by atoms with Crippen molar-refractivity contribution >= 4 is 0 Å². The van der Waals surface area contributed by atoms with Crippen LogP contribution in [0.4, 0.5) is 0 Å². The minimum Gasteiger partial charge on any atom is -0.386 e. The fourth-order valence-corrected chi connectivity index (χ4v) is 2.25. The van der Waals surface area contributed by atoms with Crippen molar-refractivity contribution in [3.05, 3.63) is 35.9 Å². The fraction of sp³-hybridized carbons (Fsp3) is 0.571. The summed E-state index contributed by atoms with van der Waals surface area (Å²) in [5, 5.41) is 9.95. The van der Waals surface area contributed by atoms with Crippen LogP contribution < -0.4 is 5.73 Å². The summed E-state index contributed by atoms with van der Waals surface area (Å²) in [5.41, 5.74) is 6.76. The largest absolute Gasteiger partial charge is 0.386 e. The van der Waals surface area contributed by atoms with Gasteiger partial charge in [-0.1, -0.05) is 30.3 Å². The molecule has 0 bridgehead atoms. The molecular weight excluding hydrogens is 214 g/mol. The third-order valence-corrected chi connectivity index (χ3v) is 3.39. The van der Waals surface area contributed by atoms with Crippen LogP contribution in [-0.4, -0.2) is 23.9 Å². The summed E-state index contributed by atoms with van der Waals surface area (Å²) in [4.78, 5) is 0. The normalized spacial score (nSPS) is 26.7. The van der Waals surface area contributed by atoms with Gasteiger partial charge in [0, 0.05) is 6.04 Å². The molecule has 1 unspecified atom stereocenters. The van der Waals surface area contributed by atoms with Gasteiger partial charge in [-0.3, -0.25) is 0 Å². The third kappa shape index (κ3) is 3.80. The molecule has 0 spiro atoms. The molecule has 94 valence electrons. The number of rotatable bonds is 4. The Labute approximate surface area is 103 Å². The van der Waals surface area contributed by atoms with E-state index >= 15 is 0 Å². The van der Waals surface area contributed by atoms with Crippen molar-refractivity contribution in [1.29, 1.82) is 0 Å². The second kappa shape index (κ2) is 6.15. The molecule has 3 heteroatoms. The van der Waals surface area contributed by atoms with E-state index in [-0.39, 0.29) is 6.10 Å². The highest BCUT2D eigenvalue weighted by Gasteiger charge is 2.20. The first-order valence-corrected chi connectivity index (χ1v) is 6.36. The summed E-state index contributed by atoms with van der Waals surface area (Å²) >= 11 is 0. The monoisotopic (exact) mass is 235 g/mol. The lowest BCUT2D eigenvalue weighted by atomic mass is 9.94. The number of hydrogen-bond donors (Lipinski definition) is 2. The number of ether oxygens (including phenoxy) is 1. The summed E-state index contributed by atoms with van der Waals surface area (Å²) in [5.74, 6) is 0.